The summed E-state index contributed by atoms with van der Waals surface area (Å²) in [5.41, 5.74) is 3.44. The number of rotatable bonds is 5. The zero-order valence-electron chi connectivity index (χ0n) is 14.9. The van der Waals surface area contributed by atoms with Gasteiger partial charge in [-0.3, -0.25) is 4.79 Å². The third-order valence-electron chi connectivity index (χ3n) is 4.24. The molecule has 0 fully saturated rings. The van der Waals surface area contributed by atoms with Gasteiger partial charge in [-0.2, -0.15) is 0 Å². The number of benzene rings is 2. The van der Waals surface area contributed by atoms with Crippen molar-refractivity contribution in [2.24, 2.45) is 0 Å². The monoisotopic (exact) mass is 340 g/mol. The number of fused-ring (bicyclic) bond motifs is 1. The highest BCUT2D eigenvalue weighted by Gasteiger charge is 2.21. The summed E-state index contributed by atoms with van der Waals surface area (Å²) in [5, 5.41) is 2.93. The van der Waals surface area contributed by atoms with Gasteiger partial charge in [0.1, 0.15) is 12.7 Å². The lowest BCUT2D eigenvalue weighted by atomic mass is 10.1. The number of nitrogens with one attached hydrogen (secondary N) is 1. The average Bonchev–Trinajstić information content (AvgIpc) is 2.59. The number of likely N-dealkylation sites (N-methyl/N-ethyl adjacent to an activating group) is 1. The number of amides is 1. The molecule has 3 rings (SSSR count). The van der Waals surface area contributed by atoms with Crippen LogP contribution >= 0.6 is 0 Å². The first-order valence-electron chi connectivity index (χ1n) is 8.46. The van der Waals surface area contributed by atoms with Crippen molar-refractivity contribution in [1.82, 2.24) is 5.32 Å². The van der Waals surface area contributed by atoms with E-state index in [1.54, 1.807) is 0 Å². The van der Waals surface area contributed by atoms with Crippen molar-refractivity contribution in [2.75, 3.05) is 31.6 Å². The number of ether oxygens (including phenoxy) is 2. The van der Waals surface area contributed by atoms with Gasteiger partial charge < -0.3 is 19.7 Å². The normalized spacial score (nSPS) is 15.6. The third kappa shape index (κ3) is 4.24. The molecule has 1 atom stereocenters. The van der Waals surface area contributed by atoms with Crippen molar-refractivity contribution in [3.63, 3.8) is 0 Å². The molecule has 0 aromatic heterocycles. The lowest BCUT2D eigenvalue weighted by Gasteiger charge is -2.27. The summed E-state index contributed by atoms with van der Waals surface area (Å²) >= 11 is 0. The van der Waals surface area contributed by atoms with E-state index in [1.165, 1.54) is 5.56 Å². The molecule has 0 saturated carbocycles. The SMILES string of the molecule is Cc1ccc(N(C)CC(=O)NCC2COc3ccccc3O2)c(C)c1. The van der Waals surface area contributed by atoms with Crippen LogP contribution in [-0.2, 0) is 4.79 Å². The van der Waals surface area contributed by atoms with Crippen LogP contribution in [0.15, 0.2) is 42.5 Å². The van der Waals surface area contributed by atoms with Crippen molar-refractivity contribution in [3.05, 3.63) is 53.6 Å². The zero-order valence-corrected chi connectivity index (χ0v) is 14.9. The molecule has 2 aromatic rings. The summed E-state index contributed by atoms with van der Waals surface area (Å²) < 4.78 is 11.5. The van der Waals surface area contributed by atoms with Gasteiger partial charge in [-0.1, -0.05) is 29.8 Å². The van der Waals surface area contributed by atoms with Crippen LogP contribution in [0.25, 0.3) is 0 Å². The molecular weight excluding hydrogens is 316 g/mol. The minimum absolute atomic E-state index is 0.0371. The molecule has 1 heterocycles. The van der Waals surface area contributed by atoms with Gasteiger partial charge in [0.25, 0.3) is 0 Å². The first-order chi connectivity index (χ1) is 12.0. The minimum Gasteiger partial charge on any atom is -0.486 e. The summed E-state index contributed by atoms with van der Waals surface area (Å²) in [6, 6.07) is 13.8. The second kappa shape index (κ2) is 7.47. The van der Waals surface area contributed by atoms with Crippen molar-refractivity contribution < 1.29 is 14.3 Å². The quantitative estimate of drug-likeness (QED) is 0.909. The van der Waals surface area contributed by atoms with Gasteiger partial charge in [-0.15, -0.1) is 0 Å². The summed E-state index contributed by atoms with van der Waals surface area (Å²) in [7, 11) is 1.92. The van der Waals surface area contributed by atoms with E-state index >= 15 is 0 Å². The highest BCUT2D eigenvalue weighted by Crippen LogP contribution is 2.30. The average molecular weight is 340 g/mol. The van der Waals surface area contributed by atoms with E-state index < -0.39 is 0 Å². The first kappa shape index (κ1) is 17.1. The van der Waals surface area contributed by atoms with Gasteiger partial charge in [0.2, 0.25) is 5.91 Å². The van der Waals surface area contributed by atoms with Crippen LogP contribution < -0.4 is 19.7 Å². The Kier molecular flexibility index (Phi) is 5.12. The second-order valence-corrected chi connectivity index (χ2v) is 6.45. The number of aryl methyl sites for hydroxylation is 2. The lowest BCUT2D eigenvalue weighted by Crippen LogP contribution is -2.43. The zero-order chi connectivity index (χ0) is 17.8. The molecule has 1 aliphatic rings. The van der Waals surface area contributed by atoms with Crippen molar-refractivity contribution in [3.8, 4) is 11.5 Å². The van der Waals surface area contributed by atoms with Crippen LogP contribution in [0.5, 0.6) is 11.5 Å². The van der Waals surface area contributed by atoms with E-state index in [0.29, 0.717) is 19.7 Å². The molecule has 2 aromatic carbocycles. The molecule has 1 aliphatic heterocycles. The van der Waals surface area contributed by atoms with E-state index in [-0.39, 0.29) is 12.0 Å². The Morgan fingerprint density at radius 2 is 1.96 bits per heavy atom. The number of carbonyl (C=O) groups is 1. The van der Waals surface area contributed by atoms with Crippen LogP contribution in [0, 0.1) is 13.8 Å². The van der Waals surface area contributed by atoms with Crippen LogP contribution in [-0.4, -0.2) is 38.8 Å². The number of carbonyl (C=O) groups excluding carboxylic acids is 1. The number of anilines is 1. The van der Waals surface area contributed by atoms with Gasteiger partial charge in [-0.05, 0) is 37.6 Å². The Labute approximate surface area is 148 Å². The fourth-order valence-electron chi connectivity index (χ4n) is 2.98. The summed E-state index contributed by atoms with van der Waals surface area (Å²) in [5.74, 6) is 1.44. The molecule has 1 amide bonds. The van der Waals surface area contributed by atoms with Gasteiger partial charge in [-0.25, -0.2) is 0 Å². The molecule has 5 nitrogen and oxygen atoms in total. The molecule has 5 heteroatoms. The maximum atomic E-state index is 12.2. The van der Waals surface area contributed by atoms with E-state index in [4.69, 9.17) is 9.47 Å². The van der Waals surface area contributed by atoms with Crippen molar-refractivity contribution in [2.45, 2.75) is 20.0 Å². The Morgan fingerprint density at radius 1 is 1.20 bits per heavy atom. The molecule has 25 heavy (non-hydrogen) atoms. The van der Waals surface area contributed by atoms with Crippen LogP contribution in [0.3, 0.4) is 0 Å². The molecule has 0 saturated heterocycles. The summed E-state index contributed by atoms with van der Waals surface area (Å²) in [4.78, 5) is 14.2. The molecular formula is C20H24N2O3. The standard InChI is InChI=1S/C20H24N2O3/c1-14-8-9-17(15(2)10-14)22(3)12-20(23)21-11-16-13-24-18-6-4-5-7-19(18)25-16/h4-10,16H,11-13H2,1-3H3,(H,21,23). The van der Waals surface area contributed by atoms with Crippen LogP contribution in [0.2, 0.25) is 0 Å². The molecule has 0 radical (unpaired) electrons. The number of nitrogens with zero attached hydrogens (tertiary/aromatic N) is 1. The van der Waals surface area contributed by atoms with Gasteiger partial charge in [0.15, 0.2) is 11.5 Å². The Hall–Kier alpha value is -2.69. The predicted molar refractivity (Wildman–Crippen MR) is 98.5 cm³/mol. The molecule has 1 N–H and O–H groups in total. The Balaban J connectivity index is 1.50. The maximum absolute atomic E-state index is 12.2. The van der Waals surface area contributed by atoms with Gasteiger partial charge in [0.05, 0.1) is 13.1 Å². The van der Waals surface area contributed by atoms with E-state index in [2.05, 4.69) is 31.3 Å². The van der Waals surface area contributed by atoms with Crippen LogP contribution in [0.1, 0.15) is 11.1 Å². The predicted octanol–water partition coefficient (Wildman–Crippen LogP) is 2.70. The first-order valence-corrected chi connectivity index (χ1v) is 8.46. The van der Waals surface area contributed by atoms with Gasteiger partial charge in [0, 0.05) is 12.7 Å². The van der Waals surface area contributed by atoms with E-state index in [9.17, 15) is 4.79 Å². The molecule has 0 spiro atoms. The molecule has 132 valence electrons. The second-order valence-electron chi connectivity index (χ2n) is 6.45. The lowest BCUT2D eigenvalue weighted by molar-refractivity contribution is -0.120. The fourth-order valence-corrected chi connectivity index (χ4v) is 2.98. The number of hydrogen-bond acceptors (Lipinski definition) is 4. The topological polar surface area (TPSA) is 50.8 Å². The van der Waals surface area contributed by atoms with Crippen LogP contribution in [0.4, 0.5) is 5.69 Å². The highest BCUT2D eigenvalue weighted by molar-refractivity contribution is 5.81. The maximum Gasteiger partial charge on any atom is 0.239 e. The number of hydrogen-bond donors (Lipinski definition) is 1. The van der Waals surface area contributed by atoms with Crippen molar-refractivity contribution >= 4 is 11.6 Å². The largest absolute Gasteiger partial charge is 0.486 e. The number of para-hydroxylation sites is 2. The fraction of sp³-hybridized carbons (Fsp3) is 0.350. The van der Waals surface area contributed by atoms with E-state index in [0.717, 1.165) is 22.7 Å². The molecule has 1 unspecified atom stereocenters. The van der Waals surface area contributed by atoms with Gasteiger partial charge >= 0.3 is 0 Å². The minimum atomic E-state index is -0.176. The highest BCUT2D eigenvalue weighted by atomic mass is 16.6. The Bertz CT molecular complexity index is 760. The molecule has 0 aliphatic carbocycles. The summed E-state index contributed by atoms with van der Waals surface area (Å²) in [6.45, 7) is 5.28. The third-order valence-corrected chi connectivity index (χ3v) is 4.24. The molecule has 0 bridgehead atoms. The summed E-state index contributed by atoms with van der Waals surface area (Å²) in [6.07, 6.45) is -0.176. The smallest absolute Gasteiger partial charge is 0.239 e. The Morgan fingerprint density at radius 3 is 2.72 bits per heavy atom. The van der Waals surface area contributed by atoms with E-state index in [1.807, 2.05) is 42.3 Å². The van der Waals surface area contributed by atoms with Crippen molar-refractivity contribution in [1.29, 1.82) is 0 Å².